The van der Waals surface area contributed by atoms with Crippen molar-refractivity contribution in [3.8, 4) is 0 Å². The molecule has 0 aliphatic heterocycles. The van der Waals surface area contributed by atoms with E-state index in [1.807, 2.05) is 12.4 Å². The van der Waals surface area contributed by atoms with Crippen molar-refractivity contribution in [1.82, 2.24) is 15.0 Å². The third kappa shape index (κ3) is 2.99. The number of nitrogens with zero attached hydrogens (tertiary/aromatic N) is 3. The van der Waals surface area contributed by atoms with Crippen molar-refractivity contribution in [1.29, 1.82) is 0 Å². The SMILES string of the molecule is C[C@H]1CC[C@H]2C(CC[C@@H]3C2CC[C@@]2(C)C3CCC2[C@@H](C)Cn2ccnn2)C1. The maximum absolute atomic E-state index is 4.24. The van der Waals surface area contributed by atoms with E-state index in [0.29, 0.717) is 11.3 Å². The lowest BCUT2D eigenvalue weighted by atomic mass is 9.49. The fourth-order valence-electron chi connectivity index (χ4n) is 8.82. The van der Waals surface area contributed by atoms with Gasteiger partial charge in [0.05, 0.1) is 6.20 Å². The highest BCUT2D eigenvalue weighted by molar-refractivity contribution is 5.06. The molecule has 0 N–H and O–H groups in total. The number of hydrogen-bond donors (Lipinski definition) is 0. The average molecular weight is 370 g/mol. The summed E-state index contributed by atoms with van der Waals surface area (Å²) in [5, 5.41) is 8.25. The Bertz CT molecular complexity index is 640. The van der Waals surface area contributed by atoms with E-state index in [0.717, 1.165) is 48.0 Å². The third-order valence-electron chi connectivity index (χ3n) is 9.92. The molecule has 3 heteroatoms. The second-order valence-electron chi connectivity index (χ2n) is 11.2. The van der Waals surface area contributed by atoms with Gasteiger partial charge < -0.3 is 0 Å². The third-order valence-corrected chi connectivity index (χ3v) is 9.92. The molecule has 0 radical (unpaired) electrons. The molecule has 0 aromatic carbocycles. The van der Waals surface area contributed by atoms with Crippen LogP contribution in [0.5, 0.6) is 0 Å². The van der Waals surface area contributed by atoms with E-state index in [1.165, 1.54) is 38.5 Å². The van der Waals surface area contributed by atoms with E-state index in [1.54, 1.807) is 19.3 Å². The van der Waals surface area contributed by atoms with Gasteiger partial charge in [0, 0.05) is 12.7 Å². The monoisotopic (exact) mass is 369 g/mol. The van der Waals surface area contributed by atoms with Crippen molar-refractivity contribution in [2.75, 3.05) is 0 Å². The lowest BCUT2D eigenvalue weighted by Crippen LogP contribution is -2.49. The molecule has 4 saturated carbocycles. The Morgan fingerprint density at radius 1 is 1.04 bits per heavy atom. The Morgan fingerprint density at radius 3 is 2.70 bits per heavy atom. The second-order valence-corrected chi connectivity index (χ2v) is 11.2. The highest BCUT2D eigenvalue weighted by atomic mass is 15.4. The Hall–Kier alpha value is -0.860. The number of fused-ring (bicyclic) bond motifs is 5. The molecular weight excluding hydrogens is 330 g/mol. The minimum atomic E-state index is 0.579. The van der Waals surface area contributed by atoms with Gasteiger partial charge in [-0.25, -0.2) is 0 Å². The first-order valence-corrected chi connectivity index (χ1v) is 11.9. The zero-order valence-corrected chi connectivity index (χ0v) is 17.7. The van der Waals surface area contributed by atoms with Crippen molar-refractivity contribution in [3.63, 3.8) is 0 Å². The van der Waals surface area contributed by atoms with Gasteiger partial charge in [-0.3, -0.25) is 4.68 Å². The molecule has 150 valence electrons. The molecule has 1 aromatic heterocycles. The van der Waals surface area contributed by atoms with E-state index in [4.69, 9.17) is 0 Å². The zero-order chi connectivity index (χ0) is 18.6. The minimum absolute atomic E-state index is 0.579. The van der Waals surface area contributed by atoms with Gasteiger partial charge in [-0.1, -0.05) is 32.4 Å². The molecule has 5 rings (SSSR count). The quantitative estimate of drug-likeness (QED) is 0.672. The van der Waals surface area contributed by atoms with Crippen molar-refractivity contribution in [3.05, 3.63) is 12.4 Å². The number of hydrogen-bond acceptors (Lipinski definition) is 2. The molecule has 0 spiro atoms. The molecule has 4 fully saturated rings. The van der Waals surface area contributed by atoms with Crippen molar-refractivity contribution < 1.29 is 0 Å². The predicted molar refractivity (Wildman–Crippen MR) is 109 cm³/mol. The van der Waals surface area contributed by atoms with Crippen molar-refractivity contribution in [2.24, 2.45) is 52.8 Å². The fraction of sp³-hybridized carbons (Fsp3) is 0.917. The van der Waals surface area contributed by atoms with E-state index in [-0.39, 0.29) is 0 Å². The highest BCUT2D eigenvalue weighted by Gasteiger charge is 2.57. The molecule has 4 aliphatic carbocycles. The molecule has 0 bridgehead atoms. The summed E-state index contributed by atoms with van der Waals surface area (Å²) in [4.78, 5) is 0. The summed E-state index contributed by atoms with van der Waals surface area (Å²) in [5.41, 5.74) is 0.579. The highest BCUT2D eigenvalue weighted by Crippen LogP contribution is 2.65. The molecule has 4 aliphatic rings. The lowest BCUT2D eigenvalue weighted by molar-refractivity contribution is -0.0737. The number of rotatable bonds is 3. The summed E-state index contributed by atoms with van der Waals surface area (Å²) >= 11 is 0. The van der Waals surface area contributed by atoms with Crippen LogP contribution < -0.4 is 0 Å². The van der Waals surface area contributed by atoms with Crippen LogP contribution in [-0.2, 0) is 6.54 Å². The van der Waals surface area contributed by atoms with Crippen LogP contribution in [0.15, 0.2) is 12.4 Å². The molecule has 3 nitrogen and oxygen atoms in total. The van der Waals surface area contributed by atoms with Crippen LogP contribution in [0.4, 0.5) is 0 Å². The Morgan fingerprint density at radius 2 is 1.89 bits per heavy atom. The van der Waals surface area contributed by atoms with E-state index >= 15 is 0 Å². The summed E-state index contributed by atoms with van der Waals surface area (Å²) in [6, 6.07) is 0. The van der Waals surface area contributed by atoms with Crippen LogP contribution in [0.2, 0.25) is 0 Å². The maximum atomic E-state index is 4.24. The van der Waals surface area contributed by atoms with E-state index < -0.39 is 0 Å². The van der Waals surface area contributed by atoms with Crippen LogP contribution >= 0.6 is 0 Å². The molecule has 1 aromatic rings. The molecule has 1 heterocycles. The van der Waals surface area contributed by atoms with Gasteiger partial charge in [0.25, 0.3) is 0 Å². The predicted octanol–water partition coefficient (Wildman–Crippen LogP) is 5.82. The van der Waals surface area contributed by atoms with Crippen molar-refractivity contribution >= 4 is 0 Å². The fourth-order valence-corrected chi connectivity index (χ4v) is 8.82. The van der Waals surface area contributed by atoms with Gasteiger partial charge in [-0.2, -0.15) is 0 Å². The molecule has 4 unspecified atom stereocenters. The smallest absolute Gasteiger partial charge is 0.0692 e. The van der Waals surface area contributed by atoms with Gasteiger partial charge in [0.1, 0.15) is 0 Å². The first-order chi connectivity index (χ1) is 13.1. The average Bonchev–Trinajstić information content (AvgIpc) is 3.28. The van der Waals surface area contributed by atoms with Gasteiger partial charge in [0.15, 0.2) is 0 Å². The molecule has 9 atom stereocenters. The molecular formula is C24H39N3. The first-order valence-electron chi connectivity index (χ1n) is 11.9. The Kier molecular flexibility index (Phi) is 4.64. The van der Waals surface area contributed by atoms with E-state index in [9.17, 15) is 0 Å². The molecule has 0 amide bonds. The van der Waals surface area contributed by atoms with Crippen LogP contribution in [0.25, 0.3) is 0 Å². The first kappa shape index (κ1) is 18.2. The Labute approximate surface area is 165 Å². The standard InChI is InChI=1S/C24H39N3/c1-16-4-6-19-18(14-16)5-7-21-20(19)10-11-24(3)22(8-9-23(21)24)17(2)15-27-13-12-25-26-27/h12-13,16-23H,4-11,14-15H2,1-3H3/t16-,17-,18?,19-,20?,21+,22?,23?,24+/m0/s1. The van der Waals surface area contributed by atoms with Gasteiger partial charge >= 0.3 is 0 Å². The topological polar surface area (TPSA) is 30.7 Å². The minimum Gasteiger partial charge on any atom is -0.252 e. The van der Waals surface area contributed by atoms with Gasteiger partial charge in [-0.05, 0) is 104 Å². The normalized spacial score (nSPS) is 47.7. The molecule has 27 heavy (non-hydrogen) atoms. The largest absolute Gasteiger partial charge is 0.252 e. The maximum Gasteiger partial charge on any atom is 0.0692 e. The van der Waals surface area contributed by atoms with Gasteiger partial charge in [-0.15, -0.1) is 5.10 Å². The van der Waals surface area contributed by atoms with Crippen LogP contribution in [0.3, 0.4) is 0 Å². The summed E-state index contributed by atoms with van der Waals surface area (Å²) in [6.45, 7) is 8.70. The summed E-state index contributed by atoms with van der Waals surface area (Å²) in [7, 11) is 0. The van der Waals surface area contributed by atoms with E-state index in [2.05, 4.69) is 35.8 Å². The van der Waals surface area contributed by atoms with Crippen LogP contribution in [-0.4, -0.2) is 15.0 Å². The van der Waals surface area contributed by atoms with Crippen LogP contribution in [0, 0.1) is 52.8 Å². The van der Waals surface area contributed by atoms with Crippen molar-refractivity contribution in [2.45, 2.75) is 85.1 Å². The summed E-state index contributed by atoms with van der Waals surface area (Å²) in [6.07, 6.45) is 17.5. The molecule has 0 saturated heterocycles. The summed E-state index contributed by atoms with van der Waals surface area (Å²) in [5.74, 6) is 7.84. The second kappa shape index (κ2) is 6.88. The zero-order valence-electron chi connectivity index (χ0n) is 17.7. The van der Waals surface area contributed by atoms with Gasteiger partial charge in [0.2, 0.25) is 0 Å². The number of aromatic nitrogens is 3. The summed E-state index contributed by atoms with van der Waals surface area (Å²) < 4.78 is 2.06. The lowest BCUT2D eigenvalue weighted by Gasteiger charge is -2.56. The van der Waals surface area contributed by atoms with Crippen LogP contribution in [0.1, 0.15) is 78.6 Å². The Balaban J connectivity index is 1.32.